The topological polar surface area (TPSA) is 55.9 Å². The van der Waals surface area contributed by atoms with E-state index < -0.39 is 0 Å². The van der Waals surface area contributed by atoms with E-state index in [1.807, 2.05) is 0 Å². The molecule has 16 heavy (non-hydrogen) atoms. The van der Waals surface area contributed by atoms with Crippen LogP contribution in [-0.4, -0.2) is 37.5 Å². The average Bonchev–Trinajstić information content (AvgIpc) is 3.05. The molecule has 1 heterocycles. The molecule has 0 radical (unpaired) electrons. The van der Waals surface area contributed by atoms with Crippen LogP contribution >= 0.6 is 0 Å². The maximum absolute atomic E-state index is 11.5. The van der Waals surface area contributed by atoms with Crippen LogP contribution in [0.1, 0.15) is 19.3 Å². The molecule has 1 saturated carbocycles. The van der Waals surface area contributed by atoms with Crippen molar-refractivity contribution >= 4 is 12.1 Å². The fourth-order valence-electron chi connectivity index (χ4n) is 2.47. The second-order valence-electron chi connectivity index (χ2n) is 4.42. The highest BCUT2D eigenvalue weighted by Crippen LogP contribution is 2.47. The van der Waals surface area contributed by atoms with E-state index in [-0.39, 0.29) is 23.4 Å². The number of hydrogen-bond acceptors (Lipinski definition) is 4. The Labute approximate surface area is 94.6 Å². The number of rotatable bonds is 4. The first kappa shape index (κ1) is 11.5. The summed E-state index contributed by atoms with van der Waals surface area (Å²) in [7, 11) is 1.59. The van der Waals surface area contributed by atoms with Crippen LogP contribution in [0.3, 0.4) is 0 Å². The summed E-state index contributed by atoms with van der Waals surface area (Å²) in [5, 5.41) is 0. The number of Topliss-reactive ketones (excluding diaryl/α,β-unsaturated/α-hetero) is 1. The zero-order valence-corrected chi connectivity index (χ0v) is 9.35. The number of carbonyl (C=O) groups excluding carboxylic acids is 2. The number of aldehydes is 1. The van der Waals surface area contributed by atoms with Gasteiger partial charge >= 0.3 is 0 Å². The first-order valence-electron chi connectivity index (χ1n) is 5.52. The van der Waals surface area contributed by atoms with Crippen molar-refractivity contribution in [3.8, 4) is 0 Å². The van der Waals surface area contributed by atoms with Crippen LogP contribution in [0.4, 0.5) is 0 Å². The van der Waals surface area contributed by atoms with Crippen LogP contribution < -0.4 is 0 Å². The van der Waals surface area contributed by atoms with Gasteiger partial charge in [-0.25, -0.2) is 0 Å². The minimum absolute atomic E-state index is 0.0509. The van der Waals surface area contributed by atoms with E-state index in [2.05, 4.69) is 0 Å². The van der Waals surface area contributed by atoms with Gasteiger partial charge in [0, 0.05) is 25.9 Å². The fourth-order valence-corrected chi connectivity index (χ4v) is 2.47. The lowest BCUT2D eigenvalue weighted by atomic mass is 9.75. The molecule has 3 unspecified atom stereocenters. The lowest BCUT2D eigenvalue weighted by Crippen LogP contribution is -2.40. The number of carbonyl (C=O) groups is 2. The third-order valence-corrected chi connectivity index (χ3v) is 3.51. The van der Waals surface area contributed by atoms with Crippen molar-refractivity contribution in [3.63, 3.8) is 0 Å². The van der Waals surface area contributed by atoms with Crippen molar-refractivity contribution in [3.05, 3.63) is 12.2 Å². The molecule has 0 bridgehead atoms. The van der Waals surface area contributed by atoms with Gasteiger partial charge in [0.05, 0.1) is 18.3 Å². The highest BCUT2D eigenvalue weighted by Gasteiger charge is 2.56. The molecule has 2 rings (SSSR count). The van der Waals surface area contributed by atoms with Crippen molar-refractivity contribution in [1.29, 1.82) is 0 Å². The Morgan fingerprint density at radius 1 is 1.62 bits per heavy atom. The molecule has 0 amide bonds. The van der Waals surface area contributed by atoms with Gasteiger partial charge in [0.25, 0.3) is 0 Å². The Morgan fingerprint density at radius 2 is 2.38 bits per heavy atom. The Kier molecular flexibility index (Phi) is 3.21. The van der Waals surface area contributed by atoms with E-state index in [0.29, 0.717) is 19.4 Å². The molecule has 4 heteroatoms. The molecule has 1 aliphatic carbocycles. The summed E-state index contributed by atoms with van der Waals surface area (Å²) < 4.78 is 10.8. The van der Waals surface area contributed by atoms with Crippen molar-refractivity contribution in [2.75, 3.05) is 13.7 Å². The molecule has 0 aromatic heterocycles. The summed E-state index contributed by atoms with van der Waals surface area (Å²) in [6.45, 7) is 0.708. The standard InChI is InChI=1S/C12H16O4/c1-15-11(3-2-6-13)10-7-9(14)4-5-12(10)8-16-12/h2-3,6,10-11H,4-5,7-8H2,1H3/b3-2+. The molecular formula is C12H16O4. The summed E-state index contributed by atoms with van der Waals surface area (Å²) in [5.41, 5.74) is -0.165. The minimum atomic E-state index is -0.211. The SMILES string of the molecule is COC(/C=C/C=O)C1CC(=O)CCC12CO2. The second kappa shape index (κ2) is 4.47. The van der Waals surface area contributed by atoms with Gasteiger partial charge in [-0.05, 0) is 12.5 Å². The van der Waals surface area contributed by atoms with Crippen LogP contribution in [0.2, 0.25) is 0 Å². The van der Waals surface area contributed by atoms with Crippen molar-refractivity contribution in [2.45, 2.75) is 31.0 Å². The Hall–Kier alpha value is -1.00. The quantitative estimate of drug-likeness (QED) is 0.404. The number of epoxide rings is 1. The van der Waals surface area contributed by atoms with Crippen LogP contribution in [0.15, 0.2) is 12.2 Å². The third-order valence-electron chi connectivity index (χ3n) is 3.51. The van der Waals surface area contributed by atoms with Crippen LogP contribution in [0.25, 0.3) is 0 Å². The monoisotopic (exact) mass is 224 g/mol. The predicted molar refractivity (Wildman–Crippen MR) is 57.0 cm³/mol. The lowest BCUT2D eigenvalue weighted by molar-refractivity contribution is -0.125. The molecule has 88 valence electrons. The Morgan fingerprint density at radius 3 is 2.94 bits per heavy atom. The predicted octanol–water partition coefficient (Wildman–Crippen LogP) is 0.895. The number of allylic oxidation sites excluding steroid dienone is 1. The first-order chi connectivity index (χ1) is 7.72. The van der Waals surface area contributed by atoms with Crippen molar-refractivity contribution in [1.82, 2.24) is 0 Å². The zero-order chi connectivity index (χ0) is 11.6. The zero-order valence-electron chi connectivity index (χ0n) is 9.35. The Balaban J connectivity index is 2.11. The van der Waals surface area contributed by atoms with E-state index in [4.69, 9.17) is 9.47 Å². The minimum Gasteiger partial charge on any atom is -0.377 e. The maximum Gasteiger partial charge on any atom is 0.142 e. The number of ketones is 1. The number of hydrogen-bond donors (Lipinski definition) is 0. The molecule has 3 atom stereocenters. The van der Waals surface area contributed by atoms with Gasteiger partial charge in [0.1, 0.15) is 12.1 Å². The molecular weight excluding hydrogens is 208 g/mol. The van der Waals surface area contributed by atoms with Gasteiger partial charge in [-0.15, -0.1) is 0 Å². The number of methoxy groups -OCH3 is 1. The van der Waals surface area contributed by atoms with Crippen molar-refractivity contribution in [2.24, 2.45) is 5.92 Å². The van der Waals surface area contributed by atoms with Gasteiger partial charge in [-0.1, -0.05) is 6.08 Å². The second-order valence-corrected chi connectivity index (χ2v) is 4.42. The van der Waals surface area contributed by atoms with Gasteiger partial charge in [-0.2, -0.15) is 0 Å². The smallest absolute Gasteiger partial charge is 0.142 e. The van der Waals surface area contributed by atoms with Gasteiger partial charge in [0.2, 0.25) is 0 Å². The van der Waals surface area contributed by atoms with E-state index >= 15 is 0 Å². The van der Waals surface area contributed by atoms with E-state index in [1.165, 1.54) is 6.08 Å². The van der Waals surface area contributed by atoms with Gasteiger partial charge in [0.15, 0.2) is 0 Å². The Bertz CT molecular complexity index is 317. The molecule has 0 aromatic rings. The molecule has 1 spiro atoms. The normalized spacial score (nSPS) is 35.6. The highest BCUT2D eigenvalue weighted by atomic mass is 16.6. The van der Waals surface area contributed by atoms with E-state index in [9.17, 15) is 9.59 Å². The van der Waals surface area contributed by atoms with Gasteiger partial charge < -0.3 is 9.47 Å². The summed E-state index contributed by atoms with van der Waals surface area (Å²) in [6, 6.07) is 0. The van der Waals surface area contributed by atoms with Crippen LogP contribution in [-0.2, 0) is 19.1 Å². The molecule has 2 aliphatic rings. The average molecular weight is 224 g/mol. The largest absolute Gasteiger partial charge is 0.377 e. The first-order valence-corrected chi connectivity index (χ1v) is 5.52. The molecule has 0 aromatic carbocycles. The van der Waals surface area contributed by atoms with Crippen LogP contribution in [0, 0.1) is 5.92 Å². The molecule has 1 aliphatic heterocycles. The summed E-state index contributed by atoms with van der Waals surface area (Å²) in [5.74, 6) is 0.308. The lowest BCUT2D eigenvalue weighted by Gasteiger charge is -2.32. The van der Waals surface area contributed by atoms with E-state index in [1.54, 1.807) is 13.2 Å². The molecule has 4 nitrogen and oxygen atoms in total. The van der Waals surface area contributed by atoms with Crippen LogP contribution in [0.5, 0.6) is 0 Å². The molecule has 2 fully saturated rings. The number of ether oxygens (including phenoxy) is 2. The summed E-state index contributed by atoms with van der Waals surface area (Å²) >= 11 is 0. The highest BCUT2D eigenvalue weighted by molar-refractivity contribution is 5.80. The molecule has 0 N–H and O–H groups in total. The third kappa shape index (κ3) is 2.08. The van der Waals surface area contributed by atoms with Gasteiger partial charge in [-0.3, -0.25) is 9.59 Å². The summed E-state index contributed by atoms with van der Waals surface area (Å²) in [6.07, 6.45) is 5.51. The maximum atomic E-state index is 11.5. The van der Waals surface area contributed by atoms with Crippen molar-refractivity contribution < 1.29 is 19.1 Å². The summed E-state index contributed by atoms with van der Waals surface area (Å²) in [4.78, 5) is 21.8. The molecule has 1 saturated heterocycles. The fraction of sp³-hybridized carbons (Fsp3) is 0.667. The van der Waals surface area contributed by atoms with E-state index in [0.717, 1.165) is 12.7 Å².